The van der Waals surface area contributed by atoms with E-state index in [1.165, 1.54) is 55.7 Å². The second-order valence-electron chi connectivity index (χ2n) is 20.7. The number of carbonyl (C=O) groups is 2. The third kappa shape index (κ3) is 16.7. The molecule has 406 valence electrons. The molecule has 1 saturated carbocycles. The average Bonchev–Trinajstić information content (AvgIpc) is 4.08. The molecule has 0 unspecified atom stereocenters. The standard InChI is InChI=1S/C18H23F3N2O2.C13H15F3N2.C12H21NO2.C7H4BrF3.2CH4.ClH/c1-17(2,3)25-16(24)23-10-12-8-22(9-13(12)11-23)15-7-5-4-6-14(15)18(19,20)21;14-13(15,16)11-3-1-2-4-12(11)18-7-9-5-17-6-10(9)8-18;1-12(2,3)15-11(14)13-7-9-5-4-6-10(9)8-13;8-6-4-2-1-3-5(6)7(9,10)11;;;/h4-7,12-13H,8-11H2,1-3H3;1-4,9-10,17H,5-8H2;9-10H,4-8H2,1-3H3;1-4H;2*1H4;1H/t12-,13+;2*9-,10+;;;;. The molecule has 72 heavy (non-hydrogen) atoms. The first-order valence-electron chi connectivity index (χ1n) is 23.4. The van der Waals surface area contributed by atoms with E-state index in [9.17, 15) is 49.1 Å². The van der Waals surface area contributed by atoms with Crippen LogP contribution in [0.1, 0.15) is 92.3 Å². The average molecular weight is 1120 g/mol. The highest BCUT2D eigenvalue weighted by Crippen LogP contribution is 2.43. The maximum Gasteiger partial charge on any atom is 0.418 e. The highest BCUT2D eigenvalue weighted by atomic mass is 79.9. The van der Waals surface area contributed by atoms with Crippen molar-refractivity contribution in [2.75, 3.05) is 75.2 Å². The van der Waals surface area contributed by atoms with Gasteiger partial charge in [-0.25, -0.2) is 9.59 Å². The van der Waals surface area contributed by atoms with Crippen LogP contribution < -0.4 is 15.1 Å². The lowest BCUT2D eigenvalue weighted by Crippen LogP contribution is -2.37. The maximum absolute atomic E-state index is 13.2. The van der Waals surface area contributed by atoms with E-state index in [2.05, 4.69) is 21.2 Å². The Morgan fingerprint density at radius 2 is 0.819 bits per heavy atom. The second-order valence-corrected chi connectivity index (χ2v) is 21.6. The number of likely N-dealkylation sites (tertiary alicyclic amines) is 2. The van der Waals surface area contributed by atoms with Gasteiger partial charge in [0.2, 0.25) is 0 Å². The Kier molecular flexibility index (Phi) is 21.6. The number of nitrogens with zero attached hydrogens (tertiary/aromatic N) is 4. The molecule has 5 saturated heterocycles. The maximum atomic E-state index is 13.2. The minimum atomic E-state index is -4.36. The van der Waals surface area contributed by atoms with Gasteiger partial charge in [0.05, 0.1) is 16.7 Å². The van der Waals surface area contributed by atoms with Gasteiger partial charge in [-0.2, -0.15) is 39.5 Å². The number of hydrogen-bond donors (Lipinski definition) is 1. The Hall–Kier alpha value is -4.10. The first-order valence-corrected chi connectivity index (χ1v) is 24.2. The summed E-state index contributed by atoms with van der Waals surface area (Å²) >= 11 is 2.81. The zero-order chi connectivity index (χ0) is 50.7. The summed E-state index contributed by atoms with van der Waals surface area (Å²) in [6.45, 7) is 18.5. The van der Waals surface area contributed by atoms with Crippen LogP contribution in [0.5, 0.6) is 0 Å². The summed E-state index contributed by atoms with van der Waals surface area (Å²) in [5, 5.41) is 3.29. The third-order valence-electron chi connectivity index (χ3n) is 13.2. The lowest BCUT2D eigenvalue weighted by Gasteiger charge is -2.27. The predicted molar refractivity (Wildman–Crippen MR) is 270 cm³/mol. The number of fused-ring (bicyclic) bond motifs is 3. The van der Waals surface area contributed by atoms with Gasteiger partial charge in [-0.1, -0.05) is 73.6 Å². The van der Waals surface area contributed by atoms with Gasteiger partial charge in [0.25, 0.3) is 0 Å². The largest absolute Gasteiger partial charge is 0.444 e. The number of nitrogens with one attached hydrogen (secondary N) is 1. The van der Waals surface area contributed by atoms with E-state index in [1.54, 1.807) is 34.1 Å². The summed E-state index contributed by atoms with van der Waals surface area (Å²) in [5.41, 5.74) is -2.11. The van der Waals surface area contributed by atoms with Crippen LogP contribution in [0.25, 0.3) is 0 Å². The number of ether oxygens (including phenoxy) is 2. The van der Waals surface area contributed by atoms with Crippen molar-refractivity contribution in [3.8, 4) is 0 Å². The third-order valence-corrected chi connectivity index (χ3v) is 13.9. The van der Waals surface area contributed by atoms with Gasteiger partial charge in [0.15, 0.2) is 0 Å². The van der Waals surface area contributed by atoms with Gasteiger partial charge in [-0.05, 0) is 114 Å². The summed E-state index contributed by atoms with van der Waals surface area (Å²) in [4.78, 5) is 31.2. The van der Waals surface area contributed by atoms with E-state index in [4.69, 9.17) is 9.47 Å². The van der Waals surface area contributed by atoms with Crippen molar-refractivity contribution in [3.05, 3.63) is 94.0 Å². The molecule has 5 heterocycles. The van der Waals surface area contributed by atoms with E-state index in [0.717, 1.165) is 63.2 Å². The minimum Gasteiger partial charge on any atom is -0.444 e. The van der Waals surface area contributed by atoms with Crippen LogP contribution in [0.3, 0.4) is 0 Å². The number of rotatable bonds is 2. The first-order chi connectivity index (χ1) is 32.1. The summed E-state index contributed by atoms with van der Waals surface area (Å²) in [5.74, 6) is 2.83. The van der Waals surface area contributed by atoms with Gasteiger partial charge in [-0.3, -0.25) is 0 Å². The fraction of sp³-hybridized carbons (Fsp3) is 0.615. The van der Waals surface area contributed by atoms with Crippen LogP contribution in [-0.2, 0) is 28.0 Å². The zero-order valence-electron chi connectivity index (χ0n) is 40.2. The van der Waals surface area contributed by atoms with E-state index in [1.807, 2.05) is 51.3 Å². The molecule has 0 spiro atoms. The van der Waals surface area contributed by atoms with Gasteiger partial charge < -0.3 is 34.4 Å². The summed E-state index contributed by atoms with van der Waals surface area (Å²) < 4.78 is 125. The van der Waals surface area contributed by atoms with E-state index < -0.39 is 40.8 Å². The van der Waals surface area contributed by atoms with Gasteiger partial charge >= 0.3 is 30.7 Å². The Morgan fingerprint density at radius 1 is 0.500 bits per heavy atom. The van der Waals surface area contributed by atoms with Gasteiger partial charge in [0.1, 0.15) is 11.2 Å². The van der Waals surface area contributed by atoms with Gasteiger partial charge in [0, 0.05) is 93.1 Å². The molecule has 9 rings (SSSR count). The molecule has 9 nitrogen and oxygen atoms in total. The highest BCUT2D eigenvalue weighted by molar-refractivity contribution is 9.10. The number of hydrogen-bond acceptors (Lipinski definition) is 7. The number of benzene rings is 3. The molecule has 3 aromatic rings. The zero-order valence-corrected chi connectivity index (χ0v) is 42.6. The van der Waals surface area contributed by atoms with Crippen molar-refractivity contribution in [1.82, 2.24) is 15.1 Å². The molecule has 1 aliphatic carbocycles. The number of amides is 2. The highest BCUT2D eigenvalue weighted by Gasteiger charge is 2.46. The molecule has 0 aromatic heterocycles. The molecule has 0 radical (unpaired) electrons. The lowest BCUT2D eigenvalue weighted by atomic mass is 10.0. The molecule has 6 atom stereocenters. The summed E-state index contributed by atoms with van der Waals surface area (Å²) in [6, 6.07) is 16.9. The molecule has 20 heteroatoms. The number of para-hydroxylation sites is 2. The van der Waals surface area contributed by atoms with E-state index >= 15 is 0 Å². The summed E-state index contributed by atoms with van der Waals surface area (Å²) in [7, 11) is 0. The van der Waals surface area contributed by atoms with E-state index in [-0.39, 0.29) is 67.0 Å². The molecular weight excluding hydrogens is 1040 g/mol. The fourth-order valence-corrected chi connectivity index (χ4v) is 10.6. The monoisotopic (exact) mass is 1120 g/mol. The van der Waals surface area contributed by atoms with Crippen LogP contribution >= 0.6 is 28.3 Å². The van der Waals surface area contributed by atoms with Crippen LogP contribution in [0, 0.1) is 35.5 Å². The molecule has 1 N–H and O–H groups in total. The number of anilines is 2. The Bertz CT molecular complexity index is 2180. The van der Waals surface area contributed by atoms with Crippen LogP contribution in [0.15, 0.2) is 77.3 Å². The Labute approximate surface area is 434 Å². The van der Waals surface area contributed by atoms with Gasteiger partial charge in [-0.15, -0.1) is 12.4 Å². The predicted octanol–water partition coefficient (Wildman–Crippen LogP) is 14.2. The normalized spacial score (nSPS) is 23.3. The van der Waals surface area contributed by atoms with Crippen molar-refractivity contribution in [1.29, 1.82) is 0 Å². The summed E-state index contributed by atoms with van der Waals surface area (Å²) in [6.07, 6.45) is -9.43. The smallest absolute Gasteiger partial charge is 0.418 e. The number of carbonyl (C=O) groups excluding carboxylic acids is 2. The quantitative estimate of drug-likeness (QED) is 0.256. The Balaban J connectivity index is 0.000000260. The first kappa shape index (κ1) is 62.2. The van der Waals surface area contributed by atoms with Crippen molar-refractivity contribution in [2.45, 2.75) is 105 Å². The topological polar surface area (TPSA) is 77.6 Å². The van der Waals surface area contributed by atoms with Crippen LogP contribution in [0.2, 0.25) is 0 Å². The van der Waals surface area contributed by atoms with Crippen molar-refractivity contribution in [2.24, 2.45) is 35.5 Å². The molecular formula is C52H72BrClF9N5O4. The molecule has 3 aromatic carbocycles. The molecule has 6 fully saturated rings. The van der Waals surface area contributed by atoms with Crippen molar-refractivity contribution >= 4 is 51.9 Å². The molecule has 5 aliphatic heterocycles. The fourth-order valence-electron chi connectivity index (χ4n) is 10.1. The molecule has 2 amide bonds. The minimum absolute atomic E-state index is 0. The lowest BCUT2D eigenvalue weighted by molar-refractivity contribution is -0.138. The number of alkyl halides is 9. The Morgan fingerprint density at radius 3 is 1.15 bits per heavy atom. The van der Waals surface area contributed by atoms with Crippen LogP contribution in [-0.4, -0.2) is 98.6 Å². The van der Waals surface area contributed by atoms with Crippen molar-refractivity contribution in [3.63, 3.8) is 0 Å². The second kappa shape index (κ2) is 25.0. The van der Waals surface area contributed by atoms with Crippen molar-refractivity contribution < 1.29 is 58.6 Å². The molecule has 0 bridgehead atoms. The SMILES string of the molecule is C.C.CC(C)(C)OC(=O)N1C[C@@H]2CN(c3ccccc3C(F)(F)F)C[C@@H]2C1.CC(C)(C)OC(=O)N1C[C@H]2CCC[C@H]2C1.Cl.FC(F)(F)c1ccccc1Br.FC(F)(F)c1ccccc1N1C[C@H]2CNC[C@H]2C1. The van der Waals surface area contributed by atoms with E-state index in [0.29, 0.717) is 43.7 Å². The number of halogens is 11. The molecule has 6 aliphatic rings. The van der Waals surface area contributed by atoms with Crippen LogP contribution in [0.4, 0.5) is 60.5 Å².